The minimum absolute atomic E-state index is 0.928. The lowest BCUT2D eigenvalue weighted by Gasteiger charge is -2.32. The summed E-state index contributed by atoms with van der Waals surface area (Å²) in [6.45, 7) is 7.23. The second kappa shape index (κ2) is 7.94. The van der Waals surface area contributed by atoms with Crippen molar-refractivity contribution < 1.29 is 0 Å². The van der Waals surface area contributed by atoms with Crippen LogP contribution in [0.15, 0.2) is 0 Å². The molecule has 0 saturated heterocycles. The molecular weight excluding hydrogens is 307 g/mol. The Kier molecular flexibility index (Phi) is 7.34. The molecule has 1 aliphatic rings. The molecule has 0 heterocycles. The van der Waals surface area contributed by atoms with Crippen LogP contribution >= 0.6 is 22.6 Å². The maximum Gasteiger partial charge on any atom is 0.00210 e. The summed E-state index contributed by atoms with van der Waals surface area (Å²) in [5.41, 5.74) is 0. The van der Waals surface area contributed by atoms with E-state index >= 15 is 0 Å². The van der Waals surface area contributed by atoms with Crippen LogP contribution in [0, 0.1) is 23.7 Å². The van der Waals surface area contributed by atoms with Gasteiger partial charge in [-0.1, -0.05) is 62.6 Å². The van der Waals surface area contributed by atoms with Crippen LogP contribution in [-0.2, 0) is 0 Å². The molecule has 2 atom stereocenters. The van der Waals surface area contributed by atoms with Gasteiger partial charge in [-0.3, -0.25) is 0 Å². The fourth-order valence-electron chi connectivity index (χ4n) is 3.11. The molecule has 1 saturated carbocycles. The molecule has 1 unspecified atom stereocenters. The SMILES string of the molecule is CCC(CC[C@H](C)CI)C1CCC(C)CC1. The third-order valence-corrected chi connectivity index (χ3v) is 6.05. The first kappa shape index (κ1) is 14.8. The van der Waals surface area contributed by atoms with E-state index < -0.39 is 0 Å². The Labute approximate surface area is 116 Å². The zero-order valence-corrected chi connectivity index (χ0v) is 13.5. The zero-order chi connectivity index (χ0) is 12.0. The second-order valence-electron chi connectivity index (χ2n) is 6.03. The van der Waals surface area contributed by atoms with Crippen LogP contribution in [0.1, 0.15) is 65.7 Å². The average Bonchev–Trinajstić information content (AvgIpc) is 2.31. The van der Waals surface area contributed by atoms with Gasteiger partial charge in [0, 0.05) is 4.43 Å². The summed E-state index contributed by atoms with van der Waals surface area (Å²) < 4.78 is 1.33. The van der Waals surface area contributed by atoms with E-state index in [1.807, 2.05) is 0 Å². The second-order valence-corrected chi connectivity index (χ2v) is 6.91. The summed E-state index contributed by atoms with van der Waals surface area (Å²) in [7, 11) is 0. The molecule has 1 heteroatoms. The van der Waals surface area contributed by atoms with Gasteiger partial charge in [-0.15, -0.1) is 0 Å². The predicted octanol–water partition coefficient (Wildman–Crippen LogP) is 5.69. The lowest BCUT2D eigenvalue weighted by atomic mass is 9.73. The average molecular weight is 336 g/mol. The summed E-state index contributed by atoms with van der Waals surface area (Å²) in [6, 6.07) is 0. The first-order chi connectivity index (χ1) is 7.67. The number of alkyl halides is 1. The van der Waals surface area contributed by atoms with E-state index in [0.717, 1.165) is 23.7 Å². The highest BCUT2D eigenvalue weighted by Crippen LogP contribution is 2.37. The Morgan fingerprint density at radius 1 is 1.12 bits per heavy atom. The Morgan fingerprint density at radius 2 is 1.75 bits per heavy atom. The summed E-state index contributed by atoms with van der Waals surface area (Å²) in [6.07, 6.45) is 10.4. The van der Waals surface area contributed by atoms with Gasteiger partial charge in [-0.2, -0.15) is 0 Å². The third-order valence-electron chi connectivity index (χ3n) is 4.55. The van der Waals surface area contributed by atoms with Crippen molar-refractivity contribution in [3.63, 3.8) is 0 Å². The highest BCUT2D eigenvalue weighted by molar-refractivity contribution is 14.1. The van der Waals surface area contributed by atoms with Gasteiger partial charge >= 0.3 is 0 Å². The van der Waals surface area contributed by atoms with Gasteiger partial charge < -0.3 is 0 Å². The molecule has 96 valence electrons. The smallest absolute Gasteiger partial charge is 0.00210 e. The minimum atomic E-state index is 0.928. The van der Waals surface area contributed by atoms with E-state index in [2.05, 4.69) is 43.4 Å². The summed E-state index contributed by atoms with van der Waals surface area (Å²) >= 11 is 2.53. The van der Waals surface area contributed by atoms with Gasteiger partial charge in [-0.05, 0) is 49.4 Å². The molecule has 0 bridgehead atoms. The molecule has 0 nitrogen and oxygen atoms in total. The molecule has 0 aromatic carbocycles. The largest absolute Gasteiger partial charge is 0.0861 e. The van der Waals surface area contributed by atoms with E-state index in [1.165, 1.54) is 49.4 Å². The van der Waals surface area contributed by atoms with Crippen LogP contribution in [0.3, 0.4) is 0 Å². The zero-order valence-electron chi connectivity index (χ0n) is 11.3. The Bertz CT molecular complexity index is 170. The van der Waals surface area contributed by atoms with Crippen LogP contribution in [0.4, 0.5) is 0 Å². The van der Waals surface area contributed by atoms with Crippen LogP contribution in [0.2, 0.25) is 0 Å². The van der Waals surface area contributed by atoms with Crippen LogP contribution in [-0.4, -0.2) is 4.43 Å². The minimum Gasteiger partial charge on any atom is -0.0861 e. The topological polar surface area (TPSA) is 0 Å². The monoisotopic (exact) mass is 336 g/mol. The lowest BCUT2D eigenvalue weighted by Crippen LogP contribution is -2.21. The maximum atomic E-state index is 2.53. The molecule has 1 rings (SSSR count). The highest BCUT2D eigenvalue weighted by Gasteiger charge is 2.24. The van der Waals surface area contributed by atoms with E-state index in [9.17, 15) is 0 Å². The first-order valence-electron chi connectivity index (χ1n) is 7.23. The van der Waals surface area contributed by atoms with Crippen molar-refractivity contribution in [1.82, 2.24) is 0 Å². The molecule has 0 aromatic heterocycles. The van der Waals surface area contributed by atoms with Gasteiger partial charge in [0.15, 0.2) is 0 Å². The molecule has 0 aliphatic heterocycles. The van der Waals surface area contributed by atoms with Crippen LogP contribution < -0.4 is 0 Å². The van der Waals surface area contributed by atoms with Crippen LogP contribution in [0.5, 0.6) is 0 Å². The van der Waals surface area contributed by atoms with Crippen molar-refractivity contribution in [3.8, 4) is 0 Å². The normalized spacial score (nSPS) is 30.0. The van der Waals surface area contributed by atoms with E-state index in [4.69, 9.17) is 0 Å². The van der Waals surface area contributed by atoms with Crippen molar-refractivity contribution in [1.29, 1.82) is 0 Å². The molecule has 0 spiro atoms. The summed E-state index contributed by atoms with van der Waals surface area (Å²) in [5.74, 6) is 4.01. The molecule has 16 heavy (non-hydrogen) atoms. The third kappa shape index (κ3) is 4.93. The number of halogens is 1. The molecule has 0 N–H and O–H groups in total. The molecule has 0 radical (unpaired) electrons. The molecule has 0 amide bonds. The van der Waals surface area contributed by atoms with Crippen molar-refractivity contribution in [3.05, 3.63) is 0 Å². The fraction of sp³-hybridized carbons (Fsp3) is 1.00. The van der Waals surface area contributed by atoms with E-state index in [1.54, 1.807) is 0 Å². The lowest BCUT2D eigenvalue weighted by molar-refractivity contribution is 0.192. The standard InChI is InChI=1S/C15H29I/c1-4-14(8-7-13(3)11-16)15-9-5-12(2)6-10-15/h12-15H,4-11H2,1-3H3/t12?,13-,14?,15?/m0/s1. The number of hydrogen-bond acceptors (Lipinski definition) is 0. The Morgan fingerprint density at radius 3 is 2.25 bits per heavy atom. The van der Waals surface area contributed by atoms with Gasteiger partial charge in [0.2, 0.25) is 0 Å². The number of rotatable bonds is 6. The van der Waals surface area contributed by atoms with Crippen LogP contribution in [0.25, 0.3) is 0 Å². The first-order valence-corrected chi connectivity index (χ1v) is 8.75. The Balaban J connectivity index is 2.30. The van der Waals surface area contributed by atoms with Gasteiger partial charge in [0.05, 0.1) is 0 Å². The van der Waals surface area contributed by atoms with Gasteiger partial charge in [-0.25, -0.2) is 0 Å². The Hall–Kier alpha value is 0.730. The summed E-state index contributed by atoms with van der Waals surface area (Å²) in [4.78, 5) is 0. The molecule has 1 fully saturated rings. The molecule has 0 aromatic rings. The van der Waals surface area contributed by atoms with Gasteiger partial charge in [0.25, 0.3) is 0 Å². The van der Waals surface area contributed by atoms with Crippen molar-refractivity contribution in [2.45, 2.75) is 65.7 Å². The fourth-order valence-corrected chi connectivity index (χ4v) is 3.55. The summed E-state index contributed by atoms with van der Waals surface area (Å²) in [5, 5.41) is 0. The molecular formula is C15H29I. The number of hydrogen-bond donors (Lipinski definition) is 0. The highest BCUT2D eigenvalue weighted by atomic mass is 127. The van der Waals surface area contributed by atoms with Crippen molar-refractivity contribution in [2.75, 3.05) is 4.43 Å². The maximum absolute atomic E-state index is 2.53. The van der Waals surface area contributed by atoms with Gasteiger partial charge in [0.1, 0.15) is 0 Å². The predicted molar refractivity (Wildman–Crippen MR) is 82.2 cm³/mol. The van der Waals surface area contributed by atoms with Crippen molar-refractivity contribution in [2.24, 2.45) is 23.7 Å². The van der Waals surface area contributed by atoms with Crippen molar-refractivity contribution >= 4 is 22.6 Å². The molecule has 1 aliphatic carbocycles. The van der Waals surface area contributed by atoms with E-state index in [-0.39, 0.29) is 0 Å². The van der Waals surface area contributed by atoms with E-state index in [0.29, 0.717) is 0 Å². The quantitative estimate of drug-likeness (QED) is 0.432.